The SMILES string of the molecule is Cc1cc(Cl)ccc1CC1(CC(C)C)CCCN1. The molecule has 1 aromatic carbocycles. The van der Waals surface area contributed by atoms with Gasteiger partial charge in [0, 0.05) is 10.6 Å². The molecule has 1 unspecified atom stereocenters. The summed E-state index contributed by atoms with van der Waals surface area (Å²) in [5.41, 5.74) is 3.07. The molecule has 1 nitrogen and oxygen atoms in total. The summed E-state index contributed by atoms with van der Waals surface area (Å²) in [6.45, 7) is 7.96. The molecule has 1 N–H and O–H groups in total. The fourth-order valence-electron chi connectivity index (χ4n) is 3.27. The molecule has 0 spiro atoms. The minimum atomic E-state index is 0.312. The number of rotatable bonds is 4. The van der Waals surface area contributed by atoms with Crippen LogP contribution in [0.3, 0.4) is 0 Å². The molecule has 1 aliphatic heterocycles. The second kappa shape index (κ2) is 5.63. The monoisotopic (exact) mass is 265 g/mol. The van der Waals surface area contributed by atoms with Crippen molar-refractivity contribution in [1.82, 2.24) is 5.32 Å². The first-order chi connectivity index (χ1) is 8.51. The van der Waals surface area contributed by atoms with Gasteiger partial charge in [0.25, 0.3) is 0 Å². The summed E-state index contributed by atoms with van der Waals surface area (Å²) in [7, 11) is 0. The van der Waals surface area contributed by atoms with Crippen LogP contribution in [0.25, 0.3) is 0 Å². The Morgan fingerprint density at radius 3 is 2.72 bits per heavy atom. The summed E-state index contributed by atoms with van der Waals surface area (Å²) in [5, 5.41) is 4.60. The van der Waals surface area contributed by atoms with Crippen LogP contribution in [-0.2, 0) is 6.42 Å². The molecule has 1 aliphatic rings. The lowest BCUT2D eigenvalue weighted by Gasteiger charge is -2.32. The molecule has 1 heterocycles. The second-order valence-corrected chi connectivity index (χ2v) is 6.59. The molecule has 1 atom stereocenters. The fourth-order valence-corrected chi connectivity index (χ4v) is 3.50. The van der Waals surface area contributed by atoms with E-state index in [1.807, 2.05) is 6.07 Å². The predicted molar refractivity (Wildman–Crippen MR) is 79.3 cm³/mol. The number of benzene rings is 1. The van der Waals surface area contributed by atoms with Gasteiger partial charge in [-0.3, -0.25) is 0 Å². The maximum Gasteiger partial charge on any atom is 0.0408 e. The van der Waals surface area contributed by atoms with Crippen molar-refractivity contribution in [3.63, 3.8) is 0 Å². The van der Waals surface area contributed by atoms with Gasteiger partial charge in [0.2, 0.25) is 0 Å². The Balaban J connectivity index is 2.18. The molecular weight excluding hydrogens is 242 g/mol. The van der Waals surface area contributed by atoms with E-state index in [0.29, 0.717) is 5.54 Å². The van der Waals surface area contributed by atoms with Crippen LogP contribution in [0.15, 0.2) is 18.2 Å². The zero-order valence-corrected chi connectivity index (χ0v) is 12.5. The highest BCUT2D eigenvalue weighted by Crippen LogP contribution is 2.32. The summed E-state index contributed by atoms with van der Waals surface area (Å²) in [5.74, 6) is 0.739. The van der Waals surface area contributed by atoms with Crippen LogP contribution in [0.1, 0.15) is 44.2 Å². The maximum absolute atomic E-state index is 6.04. The van der Waals surface area contributed by atoms with Gasteiger partial charge in [-0.25, -0.2) is 0 Å². The van der Waals surface area contributed by atoms with E-state index in [-0.39, 0.29) is 0 Å². The third-order valence-electron chi connectivity index (χ3n) is 3.96. The average molecular weight is 266 g/mol. The molecule has 0 bridgehead atoms. The Labute approximate surface area is 116 Å². The minimum Gasteiger partial charge on any atom is -0.311 e. The van der Waals surface area contributed by atoms with E-state index in [2.05, 4.69) is 38.2 Å². The molecule has 0 aromatic heterocycles. The Kier molecular flexibility index (Phi) is 4.34. The number of aryl methyl sites for hydroxylation is 1. The van der Waals surface area contributed by atoms with Gasteiger partial charge in [0.1, 0.15) is 0 Å². The van der Waals surface area contributed by atoms with Crippen molar-refractivity contribution in [2.24, 2.45) is 5.92 Å². The predicted octanol–water partition coefficient (Wildman–Crippen LogP) is 4.36. The smallest absolute Gasteiger partial charge is 0.0408 e. The van der Waals surface area contributed by atoms with Crippen LogP contribution < -0.4 is 5.32 Å². The minimum absolute atomic E-state index is 0.312. The lowest BCUT2D eigenvalue weighted by atomic mass is 9.81. The molecule has 2 heteroatoms. The number of halogens is 1. The van der Waals surface area contributed by atoms with Gasteiger partial charge in [-0.15, -0.1) is 0 Å². The summed E-state index contributed by atoms with van der Waals surface area (Å²) in [6, 6.07) is 6.29. The van der Waals surface area contributed by atoms with Crippen LogP contribution in [0.2, 0.25) is 5.02 Å². The van der Waals surface area contributed by atoms with E-state index in [4.69, 9.17) is 11.6 Å². The van der Waals surface area contributed by atoms with E-state index in [1.54, 1.807) is 0 Å². The van der Waals surface area contributed by atoms with Crippen molar-refractivity contribution in [2.45, 2.75) is 52.0 Å². The number of nitrogens with one attached hydrogen (secondary N) is 1. The van der Waals surface area contributed by atoms with Crippen molar-refractivity contribution in [1.29, 1.82) is 0 Å². The van der Waals surface area contributed by atoms with Crippen LogP contribution in [0.4, 0.5) is 0 Å². The summed E-state index contributed by atoms with van der Waals surface area (Å²) in [6.07, 6.45) is 5.00. The normalized spacial score (nSPS) is 23.8. The van der Waals surface area contributed by atoms with Crippen molar-refractivity contribution < 1.29 is 0 Å². The van der Waals surface area contributed by atoms with Crippen LogP contribution >= 0.6 is 11.6 Å². The van der Waals surface area contributed by atoms with Gasteiger partial charge in [-0.05, 0) is 68.3 Å². The van der Waals surface area contributed by atoms with Crippen LogP contribution in [0.5, 0.6) is 0 Å². The first-order valence-electron chi connectivity index (χ1n) is 7.01. The zero-order valence-electron chi connectivity index (χ0n) is 11.7. The Hall–Kier alpha value is -0.530. The maximum atomic E-state index is 6.04. The highest BCUT2D eigenvalue weighted by Gasteiger charge is 2.34. The van der Waals surface area contributed by atoms with Crippen molar-refractivity contribution in [3.05, 3.63) is 34.3 Å². The molecule has 0 aliphatic carbocycles. The second-order valence-electron chi connectivity index (χ2n) is 6.16. The van der Waals surface area contributed by atoms with Crippen molar-refractivity contribution >= 4 is 11.6 Å². The van der Waals surface area contributed by atoms with Gasteiger partial charge in [-0.1, -0.05) is 31.5 Å². The van der Waals surface area contributed by atoms with Gasteiger partial charge in [-0.2, -0.15) is 0 Å². The lowest BCUT2D eigenvalue weighted by molar-refractivity contribution is 0.301. The van der Waals surface area contributed by atoms with E-state index in [9.17, 15) is 0 Å². The fraction of sp³-hybridized carbons (Fsp3) is 0.625. The summed E-state index contributed by atoms with van der Waals surface area (Å²) in [4.78, 5) is 0. The molecule has 1 saturated heterocycles. The topological polar surface area (TPSA) is 12.0 Å². The number of hydrogen-bond donors (Lipinski definition) is 1. The van der Waals surface area contributed by atoms with E-state index < -0.39 is 0 Å². The molecule has 18 heavy (non-hydrogen) atoms. The Morgan fingerprint density at radius 1 is 1.39 bits per heavy atom. The van der Waals surface area contributed by atoms with Crippen LogP contribution in [0, 0.1) is 12.8 Å². The molecule has 0 amide bonds. The van der Waals surface area contributed by atoms with Gasteiger partial charge in [0.15, 0.2) is 0 Å². The zero-order chi connectivity index (χ0) is 13.2. The van der Waals surface area contributed by atoms with Gasteiger partial charge in [0.05, 0.1) is 0 Å². The standard InChI is InChI=1S/C16H24ClN/c1-12(2)10-16(7-4-8-18-16)11-14-5-6-15(17)9-13(14)3/h5-6,9,12,18H,4,7-8,10-11H2,1-3H3. The summed E-state index contributed by atoms with van der Waals surface area (Å²) >= 11 is 6.04. The molecule has 0 radical (unpaired) electrons. The van der Waals surface area contributed by atoms with E-state index in [1.165, 1.54) is 36.9 Å². The van der Waals surface area contributed by atoms with E-state index >= 15 is 0 Å². The summed E-state index contributed by atoms with van der Waals surface area (Å²) < 4.78 is 0. The first kappa shape index (κ1) is 13.9. The van der Waals surface area contributed by atoms with Gasteiger partial charge >= 0.3 is 0 Å². The third-order valence-corrected chi connectivity index (χ3v) is 4.20. The number of hydrogen-bond acceptors (Lipinski definition) is 1. The Morgan fingerprint density at radius 2 is 2.17 bits per heavy atom. The Bertz CT molecular complexity index is 406. The largest absolute Gasteiger partial charge is 0.311 e. The van der Waals surface area contributed by atoms with E-state index in [0.717, 1.165) is 17.4 Å². The highest BCUT2D eigenvalue weighted by atomic mass is 35.5. The molecule has 1 aromatic rings. The molecule has 100 valence electrons. The molecular formula is C16H24ClN. The quantitative estimate of drug-likeness (QED) is 0.853. The van der Waals surface area contributed by atoms with Crippen LogP contribution in [-0.4, -0.2) is 12.1 Å². The molecule has 1 fully saturated rings. The molecule has 2 rings (SSSR count). The highest BCUT2D eigenvalue weighted by molar-refractivity contribution is 6.30. The average Bonchev–Trinajstić information content (AvgIpc) is 2.70. The lowest BCUT2D eigenvalue weighted by Crippen LogP contribution is -2.43. The van der Waals surface area contributed by atoms with Crippen molar-refractivity contribution in [2.75, 3.05) is 6.54 Å². The first-order valence-corrected chi connectivity index (χ1v) is 7.39. The van der Waals surface area contributed by atoms with Crippen molar-refractivity contribution in [3.8, 4) is 0 Å². The molecule has 0 saturated carbocycles. The third kappa shape index (κ3) is 3.27. The van der Waals surface area contributed by atoms with Gasteiger partial charge < -0.3 is 5.32 Å².